The van der Waals surface area contributed by atoms with Gasteiger partial charge in [0.15, 0.2) is 0 Å². The summed E-state index contributed by atoms with van der Waals surface area (Å²) in [6, 6.07) is 2.14. The first kappa shape index (κ1) is 15.6. The molecule has 22 heavy (non-hydrogen) atoms. The first-order chi connectivity index (χ1) is 10.3. The Morgan fingerprint density at radius 2 is 2.00 bits per heavy atom. The molecule has 0 unspecified atom stereocenters. The first-order valence-electron chi connectivity index (χ1n) is 7.85. The smallest absolute Gasteiger partial charge is 0.351 e. The molecule has 122 valence electrons. The second-order valence-corrected chi connectivity index (χ2v) is 6.71. The minimum Gasteiger partial charge on any atom is -0.351 e. The maximum Gasteiger partial charge on any atom is 0.417 e. The molecular formula is C16H22F3N3. The number of rotatable bonds is 1. The lowest BCUT2D eigenvalue weighted by atomic mass is 9.86. The summed E-state index contributed by atoms with van der Waals surface area (Å²) in [5.41, 5.74) is 0.0986. The lowest BCUT2D eigenvalue weighted by Crippen LogP contribution is -2.57. The van der Waals surface area contributed by atoms with Crippen molar-refractivity contribution in [3.63, 3.8) is 0 Å². The van der Waals surface area contributed by atoms with Gasteiger partial charge in [0.1, 0.15) is 5.82 Å². The summed E-state index contributed by atoms with van der Waals surface area (Å²) >= 11 is 0. The van der Waals surface area contributed by atoms with Crippen molar-refractivity contribution in [2.24, 2.45) is 0 Å². The van der Waals surface area contributed by atoms with Gasteiger partial charge in [0.25, 0.3) is 0 Å². The van der Waals surface area contributed by atoms with E-state index in [1.54, 1.807) is 0 Å². The minimum absolute atomic E-state index is 0.109. The molecule has 2 atom stereocenters. The van der Waals surface area contributed by atoms with Crippen LogP contribution in [0.1, 0.15) is 44.2 Å². The molecule has 6 heteroatoms. The van der Waals surface area contributed by atoms with Crippen LogP contribution in [0, 0.1) is 0 Å². The third-order valence-corrected chi connectivity index (χ3v) is 4.90. The van der Waals surface area contributed by atoms with E-state index in [1.165, 1.54) is 6.07 Å². The molecule has 0 spiro atoms. The summed E-state index contributed by atoms with van der Waals surface area (Å²) in [5.74, 6) is 0.860. The monoisotopic (exact) mass is 313 g/mol. The number of halogens is 3. The molecule has 0 saturated carbocycles. The number of hydrogen-bond donors (Lipinski definition) is 0. The molecule has 0 bridgehead atoms. The predicted molar refractivity (Wildman–Crippen MR) is 80.1 cm³/mol. The summed E-state index contributed by atoms with van der Waals surface area (Å²) in [6.07, 6.45) is -2.46. The molecule has 0 aromatic carbocycles. The molecule has 0 aliphatic carbocycles. The van der Waals surface area contributed by atoms with Crippen molar-refractivity contribution in [2.45, 2.75) is 51.4 Å². The number of aromatic nitrogens is 1. The van der Waals surface area contributed by atoms with Crippen molar-refractivity contribution < 1.29 is 13.2 Å². The number of piperazine rings is 1. The highest BCUT2D eigenvalue weighted by molar-refractivity contribution is 5.54. The van der Waals surface area contributed by atoms with E-state index >= 15 is 0 Å². The van der Waals surface area contributed by atoms with Gasteiger partial charge in [-0.2, -0.15) is 13.2 Å². The van der Waals surface area contributed by atoms with Gasteiger partial charge in [0.05, 0.1) is 5.56 Å². The topological polar surface area (TPSA) is 19.4 Å². The van der Waals surface area contributed by atoms with Gasteiger partial charge < -0.3 is 4.90 Å². The summed E-state index contributed by atoms with van der Waals surface area (Å²) in [6.45, 7) is 9.11. The fourth-order valence-electron chi connectivity index (χ4n) is 3.60. The van der Waals surface area contributed by atoms with Crippen LogP contribution >= 0.6 is 0 Å². The highest BCUT2D eigenvalue weighted by Crippen LogP contribution is 2.41. The Bertz CT molecular complexity index is 556. The normalized spacial score (nSPS) is 26.0. The zero-order chi connectivity index (χ0) is 16.1. The van der Waals surface area contributed by atoms with E-state index in [0.29, 0.717) is 12.1 Å². The number of nitrogens with zero attached hydrogens (tertiary/aromatic N) is 3. The van der Waals surface area contributed by atoms with Crippen molar-refractivity contribution in [3.05, 3.63) is 23.4 Å². The molecule has 1 aromatic heterocycles. The number of anilines is 1. The fourth-order valence-corrected chi connectivity index (χ4v) is 3.60. The average Bonchev–Trinajstić information content (AvgIpc) is 2.45. The van der Waals surface area contributed by atoms with Crippen molar-refractivity contribution in [3.8, 4) is 0 Å². The van der Waals surface area contributed by atoms with E-state index in [-0.39, 0.29) is 5.92 Å². The molecule has 2 aliphatic rings. The van der Waals surface area contributed by atoms with Crippen LogP contribution in [-0.2, 0) is 6.18 Å². The van der Waals surface area contributed by atoms with Crippen LogP contribution in [0.25, 0.3) is 0 Å². The molecule has 0 radical (unpaired) electrons. The van der Waals surface area contributed by atoms with Gasteiger partial charge in [0.2, 0.25) is 0 Å². The lowest BCUT2D eigenvalue weighted by molar-refractivity contribution is -0.137. The lowest BCUT2D eigenvalue weighted by Gasteiger charge is -2.48. The van der Waals surface area contributed by atoms with Gasteiger partial charge >= 0.3 is 6.18 Å². The van der Waals surface area contributed by atoms with E-state index in [2.05, 4.69) is 28.6 Å². The number of fused-ring (bicyclic) bond motifs is 3. The number of alkyl halides is 3. The highest BCUT2D eigenvalue weighted by Gasteiger charge is 2.38. The van der Waals surface area contributed by atoms with E-state index in [4.69, 9.17) is 0 Å². The molecule has 1 saturated heterocycles. The third-order valence-electron chi connectivity index (χ3n) is 4.90. The minimum atomic E-state index is -4.32. The summed E-state index contributed by atoms with van der Waals surface area (Å²) in [7, 11) is 0. The maximum absolute atomic E-state index is 12.9. The highest BCUT2D eigenvalue weighted by atomic mass is 19.4. The Morgan fingerprint density at radius 1 is 1.27 bits per heavy atom. The standard InChI is InChI=1S/C16H22F3N3/c1-10(2)21-4-5-22-13(9-21)6-11(3)14-7-12(16(17,18)19)8-20-15(14)22/h7-8,10-11,13H,4-6,9H2,1-3H3/t11-,13-/m0/s1. The van der Waals surface area contributed by atoms with Crippen LogP contribution in [0.3, 0.4) is 0 Å². The molecule has 2 aliphatic heterocycles. The van der Waals surface area contributed by atoms with Crippen LogP contribution < -0.4 is 4.90 Å². The third kappa shape index (κ3) is 2.69. The molecule has 1 aromatic rings. The van der Waals surface area contributed by atoms with Crippen molar-refractivity contribution in [1.82, 2.24) is 9.88 Å². The molecule has 0 N–H and O–H groups in total. The Balaban J connectivity index is 1.91. The van der Waals surface area contributed by atoms with E-state index in [1.807, 2.05) is 6.92 Å². The molecule has 0 amide bonds. The van der Waals surface area contributed by atoms with Crippen LogP contribution in [0.5, 0.6) is 0 Å². The summed E-state index contributed by atoms with van der Waals surface area (Å²) in [5, 5.41) is 0. The second kappa shape index (κ2) is 5.41. The van der Waals surface area contributed by atoms with Crippen molar-refractivity contribution >= 4 is 5.82 Å². The molecule has 3 nitrogen and oxygen atoms in total. The summed E-state index contributed by atoms with van der Waals surface area (Å²) < 4.78 is 38.7. The van der Waals surface area contributed by atoms with Gasteiger partial charge in [-0.15, -0.1) is 0 Å². The SMILES string of the molecule is CC(C)N1CCN2c3ncc(C(F)(F)F)cc3[C@@H](C)C[C@H]2C1. The number of hydrogen-bond acceptors (Lipinski definition) is 3. The Kier molecular flexibility index (Phi) is 3.83. The zero-order valence-corrected chi connectivity index (χ0v) is 13.2. The molecule has 3 rings (SSSR count). The van der Waals surface area contributed by atoms with Crippen LogP contribution in [0.15, 0.2) is 12.3 Å². The Hall–Kier alpha value is -1.30. The number of pyridine rings is 1. The van der Waals surface area contributed by atoms with Gasteiger partial charge in [-0.25, -0.2) is 4.98 Å². The van der Waals surface area contributed by atoms with Gasteiger partial charge in [0, 0.05) is 37.9 Å². The van der Waals surface area contributed by atoms with Gasteiger partial charge in [-0.3, -0.25) is 4.90 Å². The molecular weight excluding hydrogens is 291 g/mol. The van der Waals surface area contributed by atoms with Crippen molar-refractivity contribution in [1.29, 1.82) is 0 Å². The van der Waals surface area contributed by atoms with E-state index in [0.717, 1.165) is 43.6 Å². The predicted octanol–water partition coefficient (Wildman–Crippen LogP) is 3.51. The van der Waals surface area contributed by atoms with Crippen LogP contribution in [0.2, 0.25) is 0 Å². The largest absolute Gasteiger partial charge is 0.417 e. The quantitative estimate of drug-likeness (QED) is 0.791. The van der Waals surface area contributed by atoms with Gasteiger partial charge in [-0.05, 0) is 37.8 Å². The Labute approximate surface area is 129 Å². The molecule has 1 fully saturated rings. The average molecular weight is 313 g/mol. The second-order valence-electron chi connectivity index (χ2n) is 6.71. The Morgan fingerprint density at radius 3 is 2.64 bits per heavy atom. The van der Waals surface area contributed by atoms with E-state index < -0.39 is 11.7 Å². The maximum atomic E-state index is 12.9. The fraction of sp³-hybridized carbons (Fsp3) is 0.688. The summed E-state index contributed by atoms with van der Waals surface area (Å²) in [4.78, 5) is 8.81. The first-order valence-corrected chi connectivity index (χ1v) is 7.85. The van der Waals surface area contributed by atoms with Gasteiger partial charge in [-0.1, -0.05) is 6.92 Å². The van der Waals surface area contributed by atoms with Crippen LogP contribution in [0.4, 0.5) is 19.0 Å². The van der Waals surface area contributed by atoms with Crippen LogP contribution in [-0.4, -0.2) is 41.6 Å². The van der Waals surface area contributed by atoms with E-state index in [9.17, 15) is 13.2 Å². The van der Waals surface area contributed by atoms with Crippen molar-refractivity contribution in [2.75, 3.05) is 24.5 Å². The zero-order valence-electron chi connectivity index (χ0n) is 13.2. The molecule has 3 heterocycles.